The molecule has 0 amide bonds. The van der Waals surface area contributed by atoms with Crippen LogP contribution >= 0.6 is 0 Å². The maximum atomic E-state index is 8.37. The minimum Gasteiger partial charge on any atom is -0.350 e. The SMILES string of the molecule is CC(C)C1OCC(CC#N)O1. The monoisotopic (exact) mass is 155 g/mol. The van der Waals surface area contributed by atoms with Crippen LogP contribution in [0.4, 0.5) is 0 Å². The number of rotatable bonds is 2. The summed E-state index contributed by atoms with van der Waals surface area (Å²) in [5.74, 6) is 0.374. The number of nitrogens with zero attached hydrogens (tertiary/aromatic N) is 1. The second-order valence-electron chi connectivity index (χ2n) is 3.07. The van der Waals surface area contributed by atoms with Crippen LogP contribution in [-0.2, 0) is 9.47 Å². The van der Waals surface area contributed by atoms with Crippen molar-refractivity contribution in [1.29, 1.82) is 5.26 Å². The Bertz CT molecular complexity index is 162. The molecule has 1 fully saturated rings. The number of nitriles is 1. The van der Waals surface area contributed by atoms with Crippen LogP contribution in [0.15, 0.2) is 0 Å². The van der Waals surface area contributed by atoms with E-state index in [1.54, 1.807) is 0 Å². The summed E-state index contributed by atoms with van der Waals surface area (Å²) < 4.78 is 10.7. The predicted molar refractivity (Wildman–Crippen MR) is 39.7 cm³/mol. The summed E-state index contributed by atoms with van der Waals surface area (Å²) in [6, 6.07) is 2.06. The van der Waals surface area contributed by atoms with E-state index in [-0.39, 0.29) is 12.4 Å². The van der Waals surface area contributed by atoms with Crippen molar-refractivity contribution in [2.45, 2.75) is 32.7 Å². The van der Waals surface area contributed by atoms with E-state index in [2.05, 4.69) is 6.07 Å². The molecule has 1 saturated heterocycles. The molecule has 0 aromatic heterocycles. The average Bonchev–Trinajstić information content (AvgIpc) is 2.37. The number of ether oxygens (including phenoxy) is 2. The topological polar surface area (TPSA) is 42.2 Å². The van der Waals surface area contributed by atoms with Crippen molar-refractivity contribution >= 4 is 0 Å². The first-order valence-corrected chi connectivity index (χ1v) is 3.88. The molecular weight excluding hydrogens is 142 g/mol. The molecule has 0 spiro atoms. The van der Waals surface area contributed by atoms with Crippen molar-refractivity contribution in [2.75, 3.05) is 6.61 Å². The Morgan fingerprint density at radius 2 is 2.36 bits per heavy atom. The van der Waals surface area contributed by atoms with Crippen LogP contribution in [-0.4, -0.2) is 19.0 Å². The molecule has 0 N–H and O–H groups in total. The van der Waals surface area contributed by atoms with Crippen LogP contribution < -0.4 is 0 Å². The second-order valence-corrected chi connectivity index (χ2v) is 3.07. The van der Waals surface area contributed by atoms with Gasteiger partial charge in [-0.1, -0.05) is 13.8 Å². The summed E-state index contributed by atoms with van der Waals surface area (Å²) in [5.41, 5.74) is 0. The number of hydrogen-bond acceptors (Lipinski definition) is 3. The van der Waals surface area contributed by atoms with Crippen molar-refractivity contribution in [3.05, 3.63) is 0 Å². The fourth-order valence-electron chi connectivity index (χ4n) is 1.03. The Morgan fingerprint density at radius 1 is 1.64 bits per heavy atom. The van der Waals surface area contributed by atoms with Crippen molar-refractivity contribution in [3.63, 3.8) is 0 Å². The highest BCUT2D eigenvalue weighted by molar-refractivity contribution is 4.79. The smallest absolute Gasteiger partial charge is 0.160 e. The zero-order chi connectivity index (χ0) is 8.27. The molecule has 0 bridgehead atoms. The lowest BCUT2D eigenvalue weighted by Gasteiger charge is -2.12. The Kier molecular flexibility index (Phi) is 2.86. The molecule has 3 heteroatoms. The molecule has 11 heavy (non-hydrogen) atoms. The van der Waals surface area contributed by atoms with Crippen molar-refractivity contribution in [3.8, 4) is 6.07 Å². The summed E-state index contributed by atoms with van der Waals surface area (Å²) in [7, 11) is 0. The van der Waals surface area contributed by atoms with Gasteiger partial charge in [0.2, 0.25) is 0 Å². The number of hydrogen-bond donors (Lipinski definition) is 0. The van der Waals surface area contributed by atoms with Gasteiger partial charge in [-0.25, -0.2) is 0 Å². The Hall–Kier alpha value is -0.590. The van der Waals surface area contributed by atoms with Crippen LogP contribution in [0.2, 0.25) is 0 Å². The first-order chi connectivity index (χ1) is 5.24. The summed E-state index contributed by atoms with van der Waals surface area (Å²) in [4.78, 5) is 0. The molecule has 1 aliphatic heterocycles. The third-order valence-electron chi connectivity index (χ3n) is 1.64. The predicted octanol–water partition coefficient (Wildman–Crippen LogP) is 1.30. The summed E-state index contributed by atoms with van der Waals surface area (Å²) >= 11 is 0. The van der Waals surface area contributed by atoms with Crippen molar-refractivity contribution in [1.82, 2.24) is 0 Å². The van der Waals surface area contributed by atoms with Gasteiger partial charge >= 0.3 is 0 Å². The molecule has 1 heterocycles. The lowest BCUT2D eigenvalue weighted by atomic mass is 10.2. The minimum absolute atomic E-state index is 0.00704. The van der Waals surface area contributed by atoms with Crippen LogP contribution in [0.1, 0.15) is 20.3 Å². The van der Waals surface area contributed by atoms with Crippen molar-refractivity contribution in [2.24, 2.45) is 5.92 Å². The molecule has 3 nitrogen and oxygen atoms in total. The van der Waals surface area contributed by atoms with Gasteiger partial charge in [0.05, 0.1) is 25.2 Å². The zero-order valence-electron chi connectivity index (χ0n) is 6.91. The molecule has 0 aromatic rings. The lowest BCUT2D eigenvalue weighted by molar-refractivity contribution is -0.0863. The quantitative estimate of drug-likeness (QED) is 0.603. The van der Waals surface area contributed by atoms with Gasteiger partial charge in [0, 0.05) is 5.92 Å². The molecule has 62 valence electrons. The molecule has 0 aromatic carbocycles. The van der Waals surface area contributed by atoms with E-state index in [0.717, 1.165) is 0 Å². The van der Waals surface area contributed by atoms with Gasteiger partial charge in [-0.2, -0.15) is 5.26 Å². The van der Waals surface area contributed by atoms with Crippen LogP contribution in [0.5, 0.6) is 0 Å². The fourth-order valence-corrected chi connectivity index (χ4v) is 1.03. The molecule has 2 atom stereocenters. The minimum atomic E-state index is -0.103. The summed E-state index contributed by atoms with van der Waals surface area (Å²) in [6.07, 6.45) is 0.323. The van der Waals surface area contributed by atoms with Gasteiger partial charge in [-0.15, -0.1) is 0 Å². The first-order valence-electron chi connectivity index (χ1n) is 3.88. The van der Waals surface area contributed by atoms with Gasteiger partial charge in [-0.05, 0) is 0 Å². The Balaban J connectivity index is 2.30. The average molecular weight is 155 g/mol. The molecular formula is C8H13NO2. The highest BCUT2D eigenvalue weighted by Crippen LogP contribution is 2.19. The van der Waals surface area contributed by atoms with Gasteiger partial charge in [0.25, 0.3) is 0 Å². The van der Waals surface area contributed by atoms with E-state index in [1.165, 1.54) is 0 Å². The first kappa shape index (κ1) is 8.51. The van der Waals surface area contributed by atoms with Gasteiger partial charge < -0.3 is 9.47 Å². The maximum absolute atomic E-state index is 8.37. The fraction of sp³-hybridized carbons (Fsp3) is 0.875. The van der Waals surface area contributed by atoms with E-state index < -0.39 is 0 Å². The van der Waals surface area contributed by atoms with Crippen molar-refractivity contribution < 1.29 is 9.47 Å². The second kappa shape index (κ2) is 3.70. The van der Waals surface area contributed by atoms with E-state index in [0.29, 0.717) is 18.9 Å². The third kappa shape index (κ3) is 2.18. The van der Waals surface area contributed by atoms with Gasteiger partial charge in [0.15, 0.2) is 6.29 Å². The largest absolute Gasteiger partial charge is 0.350 e. The highest BCUT2D eigenvalue weighted by atomic mass is 16.7. The molecule has 0 saturated carbocycles. The van der Waals surface area contributed by atoms with Crippen LogP contribution in [0.3, 0.4) is 0 Å². The van der Waals surface area contributed by atoms with E-state index in [4.69, 9.17) is 14.7 Å². The lowest BCUT2D eigenvalue weighted by Crippen LogP contribution is -2.17. The molecule has 0 aliphatic carbocycles. The Labute approximate surface area is 66.9 Å². The standard InChI is InChI=1S/C8H13NO2/c1-6(2)8-10-5-7(11-8)3-4-9/h6-8H,3,5H2,1-2H3. The van der Waals surface area contributed by atoms with E-state index >= 15 is 0 Å². The summed E-state index contributed by atoms with van der Waals surface area (Å²) in [5, 5.41) is 8.37. The van der Waals surface area contributed by atoms with Gasteiger partial charge in [-0.3, -0.25) is 0 Å². The molecule has 2 unspecified atom stereocenters. The Morgan fingerprint density at radius 3 is 2.82 bits per heavy atom. The highest BCUT2D eigenvalue weighted by Gasteiger charge is 2.27. The normalized spacial score (nSPS) is 30.7. The molecule has 0 radical (unpaired) electrons. The van der Waals surface area contributed by atoms with E-state index in [9.17, 15) is 0 Å². The zero-order valence-corrected chi connectivity index (χ0v) is 6.91. The van der Waals surface area contributed by atoms with Gasteiger partial charge in [0.1, 0.15) is 0 Å². The van der Waals surface area contributed by atoms with Crippen LogP contribution in [0.25, 0.3) is 0 Å². The third-order valence-corrected chi connectivity index (χ3v) is 1.64. The maximum Gasteiger partial charge on any atom is 0.160 e. The molecule has 1 aliphatic rings. The molecule has 1 rings (SSSR count). The van der Waals surface area contributed by atoms with Crippen LogP contribution in [0, 0.1) is 17.2 Å². The summed E-state index contributed by atoms with van der Waals surface area (Å²) in [6.45, 7) is 4.65. The van der Waals surface area contributed by atoms with E-state index in [1.807, 2.05) is 13.8 Å².